The van der Waals surface area contributed by atoms with E-state index in [4.69, 9.17) is 22.4 Å². The number of benzene rings is 1. The van der Waals surface area contributed by atoms with Gasteiger partial charge in [0.15, 0.2) is 0 Å². The SMILES string of the molecule is NC(=O)OCCNC(=O)c1ccc(C#CCCO)c(Cl)c1. The molecule has 1 aromatic carbocycles. The Balaban J connectivity index is 2.60. The fraction of sp³-hybridized carbons (Fsp3) is 0.286. The number of amides is 2. The van der Waals surface area contributed by atoms with Gasteiger partial charge >= 0.3 is 6.09 Å². The van der Waals surface area contributed by atoms with Crippen molar-refractivity contribution in [2.24, 2.45) is 5.73 Å². The summed E-state index contributed by atoms with van der Waals surface area (Å²) in [5.41, 5.74) is 5.74. The first-order valence-electron chi connectivity index (χ1n) is 6.14. The van der Waals surface area contributed by atoms with E-state index in [0.29, 0.717) is 22.6 Å². The average Bonchev–Trinajstić information content (AvgIpc) is 2.45. The smallest absolute Gasteiger partial charge is 0.404 e. The summed E-state index contributed by atoms with van der Waals surface area (Å²) in [6, 6.07) is 4.70. The van der Waals surface area contributed by atoms with Crippen LogP contribution in [0.15, 0.2) is 18.2 Å². The number of carbonyl (C=O) groups excluding carboxylic acids is 2. The van der Waals surface area contributed by atoms with Crippen LogP contribution in [0.5, 0.6) is 0 Å². The van der Waals surface area contributed by atoms with Crippen LogP contribution >= 0.6 is 11.6 Å². The lowest BCUT2D eigenvalue weighted by atomic mass is 10.1. The highest BCUT2D eigenvalue weighted by molar-refractivity contribution is 6.32. The monoisotopic (exact) mass is 310 g/mol. The zero-order chi connectivity index (χ0) is 15.7. The van der Waals surface area contributed by atoms with Crippen molar-refractivity contribution >= 4 is 23.6 Å². The minimum Gasteiger partial charge on any atom is -0.448 e. The molecule has 1 rings (SSSR count). The molecule has 0 saturated carbocycles. The molecular weight excluding hydrogens is 296 g/mol. The second kappa shape index (κ2) is 8.84. The Kier molecular flexibility index (Phi) is 7.09. The van der Waals surface area contributed by atoms with Crippen molar-refractivity contribution in [2.75, 3.05) is 19.8 Å². The number of rotatable bonds is 5. The quantitative estimate of drug-likeness (QED) is 0.555. The molecule has 6 nitrogen and oxygen atoms in total. The van der Waals surface area contributed by atoms with Crippen LogP contribution in [0.4, 0.5) is 4.79 Å². The number of halogens is 1. The average molecular weight is 311 g/mol. The van der Waals surface area contributed by atoms with Gasteiger partial charge in [-0.25, -0.2) is 4.79 Å². The molecule has 2 amide bonds. The van der Waals surface area contributed by atoms with E-state index in [2.05, 4.69) is 21.9 Å². The molecule has 0 aliphatic heterocycles. The van der Waals surface area contributed by atoms with E-state index < -0.39 is 6.09 Å². The second-order valence-electron chi connectivity index (χ2n) is 3.89. The van der Waals surface area contributed by atoms with E-state index >= 15 is 0 Å². The van der Waals surface area contributed by atoms with Gasteiger partial charge < -0.3 is 20.9 Å². The lowest BCUT2D eigenvalue weighted by Gasteiger charge is -2.06. The number of nitrogens with two attached hydrogens (primary N) is 1. The minimum atomic E-state index is -0.891. The van der Waals surface area contributed by atoms with Crippen molar-refractivity contribution in [3.05, 3.63) is 34.3 Å². The van der Waals surface area contributed by atoms with Crippen LogP contribution in [0.2, 0.25) is 5.02 Å². The number of aliphatic hydroxyl groups is 1. The van der Waals surface area contributed by atoms with E-state index in [1.807, 2.05) is 0 Å². The van der Waals surface area contributed by atoms with Gasteiger partial charge in [-0.05, 0) is 18.2 Å². The van der Waals surface area contributed by atoms with Crippen molar-refractivity contribution in [3.8, 4) is 11.8 Å². The number of aliphatic hydroxyl groups excluding tert-OH is 1. The fourth-order valence-corrected chi connectivity index (χ4v) is 1.62. The summed E-state index contributed by atoms with van der Waals surface area (Å²) >= 11 is 6.02. The van der Waals surface area contributed by atoms with Crippen LogP contribution in [0.3, 0.4) is 0 Å². The zero-order valence-electron chi connectivity index (χ0n) is 11.2. The molecule has 0 bridgehead atoms. The van der Waals surface area contributed by atoms with Gasteiger partial charge in [-0.3, -0.25) is 4.79 Å². The minimum absolute atomic E-state index is 0.000472. The first-order valence-corrected chi connectivity index (χ1v) is 6.52. The van der Waals surface area contributed by atoms with Gasteiger partial charge in [0.2, 0.25) is 0 Å². The standard InChI is InChI=1S/C14H15ClN2O4/c15-12-9-11(5-4-10(12)3-1-2-7-18)13(19)17-6-8-21-14(16)20/h4-5,9,18H,2,6-8H2,(H2,16,20)(H,17,19). The number of nitrogens with one attached hydrogen (secondary N) is 1. The number of ether oxygens (including phenoxy) is 1. The lowest BCUT2D eigenvalue weighted by molar-refractivity contribution is 0.0937. The summed E-state index contributed by atoms with van der Waals surface area (Å²) in [5, 5.41) is 11.5. The molecule has 0 spiro atoms. The van der Waals surface area contributed by atoms with Crippen molar-refractivity contribution < 1.29 is 19.4 Å². The molecule has 0 aliphatic carbocycles. The summed E-state index contributed by atoms with van der Waals surface area (Å²) in [5.74, 6) is 5.20. The van der Waals surface area contributed by atoms with Crippen molar-refractivity contribution in [1.29, 1.82) is 0 Å². The highest BCUT2D eigenvalue weighted by Gasteiger charge is 2.07. The summed E-state index contributed by atoms with van der Waals surface area (Å²) < 4.78 is 4.49. The van der Waals surface area contributed by atoms with E-state index in [1.54, 1.807) is 12.1 Å². The van der Waals surface area contributed by atoms with E-state index in [9.17, 15) is 9.59 Å². The molecule has 0 atom stereocenters. The molecule has 0 fully saturated rings. The van der Waals surface area contributed by atoms with Gasteiger partial charge in [0.05, 0.1) is 18.2 Å². The third kappa shape index (κ3) is 6.17. The largest absolute Gasteiger partial charge is 0.448 e. The van der Waals surface area contributed by atoms with Crippen LogP contribution < -0.4 is 11.1 Å². The summed E-state index contributed by atoms with van der Waals surface area (Å²) in [4.78, 5) is 22.1. The molecular formula is C14H15ClN2O4. The molecule has 0 heterocycles. The Labute approximate surface area is 127 Å². The predicted octanol–water partition coefficient (Wildman–Crippen LogP) is 0.899. The molecule has 0 saturated heterocycles. The number of primary amides is 1. The van der Waals surface area contributed by atoms with Crippen molar-refractivity contribution in [1.82, 2.24) is 5.32 Å². The van der Waals surface area contributed by atoms with Crippen LogP contribution in [0.25, 0.3) is 0 Å². The Morgan fingerprint density at radius 3 is 2.81 bits per heavy atom. The molecule has 0 radical (unpaired) electrons. The molecule has 0 aromatic heterocycles. The molecule has 4 N–H and O–H groups in total. The Morgan fingerprint density at radius 2 is 2.19 bits per heavy atom. The van der Waals surface area contributed by atoms with Crippen LogP contribution in [-0.4, -0.2) is 36.9 Å². The molecule has 21 heavy (non-hydrogen) atoms. The summed E-state index contributed by atoms with van der Waals surface area (Å²) in [7, 11) is 0. The highest BCUT2D eigenvalue weighted by atomic mass is 35.5. The molecule has 1 aromatic rings. The van der Waals surface area contributed by atoms with E-state index in [0.717, 1.165) is 0 Å². The topological polar surface area (TPSA) is 102 Å². The number of hydrogen-bond acceptors (Lipinski definition) is 4. The third-order valence-corrected chi connectivity index (χ3v) is 2.64. The summed E-state index contributed by atoms with van der Waals surface area (Å²) in [6.07, 6.45) is -0.531. The first kappa shape index (κ1) is 16.8. The molecule has 0 aliphatic rings. The molecule has 7 heteroatoms. The molecule has 0 unspecified atom stereocenters. The first-order chi connectivity index (χ1) is 10.0. The van der Waals surface area contributed by atoms with Gasteiger partial charge in [0, 0.05) is 17.5 Å². The zero-order valence-corrected chi connectivity index (χ0v) is 11.9. The van der Waals surface area contributed by atoms with Gasteiger partial charge in [0.25, 0.3) is 5.91 Å². The predicted molar refractivity (Wildman–Crippen MR) is 77.9 cm³/mol. The van der Waals surface area contributed by atoms with Gasteiger partial charge in [-0.2, -0.15) is 0 Å². The van der Waals surface area contributed by atoms with Crippen LogP contribution in [0.1, 0.15) is 22.3 Å². The maximum atomic E-state index is 11.8. The van der Waals surface area contributed by atoms with Crippen LogP contribution in [0, 0.1) is 11.8 Å². The maximum Gasteiger partial charge on any atom is 0.404 e. The lowest BCUT2D eigenvalue weighted by Crippen LogP contribution is -2.29. The molecule has 112 valence electrons. The Hall–Kier alpha value is -2.23. The Bertz CT molecular complexity index is 578. The normalized spacial score (nSPS) is 9.43. The number of carbonyl (C=O) groups is 2. The fourth-order valence-electron chi connectivity index (χ4n) is 1.39. The van der Waals surface area contributed by atoms with Gasteiger partial charge in [-0.15, -0.1) is 0 Å². The summed E-state index contributed by atoms with van der Waals surface area (Å²) in [6.45, 7) is 0.134. The van der Waals surface area contributed by atoms with Crippen LogP contribution in [-0.2, 0) is 4.74 Å². The van der Waals surface area contributed by atoms with Crippen molar-refractivity contribution in [3.63, 3.8) is 0 Å². The number of hydrogen-bond donors (Lipinski definition) is 3. The van der Waals surface area contributed by atoms with Gasteiger partial charge in [0.1, 0.15) is 6.61 Å². The van der Waals surface area contributed by atoms with Crippen molar-refractivity contribution in [2.45, 2.75) is 6.42 Å². The van der Waals surface area contributed by atoms with Gasteiger partial charge in [-0.1, -0.05) is 23.4 Å². The Morgan fingerprint density at radius 1 is 1.43 bits per heavy atom. The highest BCUT2D eigenvalue weighted by Crippen LogP contribution is 2.17. The maximum absolute atomic E-state index is 11.8. The van der Waals surface area contributed by atoms with E-state index in [-0.39, 0.29) is 25.7 Å². The second-order valence-corrected chi connectivity index (χ2v) is 4.30. The van der Waals surface area contributed by atoms with E-state index in [1.165, 1.54) is 6.07 Å². The third-order valence-electron chi connectivity index (χ3n) is 2.32.